The van der Waals surface area contributed by atoms with Gasteiger partial charge in [0.1, 0.15) is 5.41 Å². The van der Waals surface area contributed by atoms with Gasteiger partial charge in [-0.1, -0.05) is 57.5 Å². The second kappa shape index (κ2) is 8.90. The van der Waals surface area contributed by atoms with E-state index in [-0.39, 0.29) is 11.7 Å². The average Bonchev–Trinajstić information content (AvgIpc) is 2.72. The number of hydrogen-bond donors (Lipinski definition) is 3. The smallest absolute Gasteiger partial charge is 0.233 e. The zero-order chi connectivity index (χ0) is 15.7. The molecule has 0 radical (unpaired) electrons. The SMILES string of the molecule is CC(C)CCCCNC(=O)C1(C(N)=NO)CCCCCC1. The largest absolute Gasteiger partial charge is 0.409 e. The predicted octanol–water partition coefficient (Wildman–Crippen LogP) is 3.02. The zero-order valence-corrected chi connectivity index (χ0v) is 13.5. The van der Waals surface area contributed by atoms with Crippen LogP contribution < -0.4 is 11.1 Å². The van der Waals surface area contributed by atoms with Crippen molar-refractivity contribution in [3.63, 3.8) is 0 Å². The summed E-state index contributed by atoms with van der Waals surface area (Å²) in [5, 5.41) is 15.2. The van der Waals surface area contributed by atoms with E-state index in [9.17, 15) is 4.79 Å². The van der Waals surface area contributed by atoms with Crippen LogP contribution in [0.4, 0.5) is 0 Å². The molecule has 21 heavy (non-hydrogen) atoms. The van der Waals surface area contributed by atoms with Crippen molar-refractivity contribution in [1.29, 1.82) is 0 Å². The average molecular weight is 297 g/mol. The standard InChI is InChI=1S/C16H31N3O2/c1-13(2)9-5-8-12-18-15(20)16(14(17)19-21)10-6-3-4-7-11-16/h13,21H,3-12H2,1-2H3,(H2,17,19)(H,18,20). The van der Waals surface area contributed by atoms with Crippen molar-refractivity contribution in [2.24, 2.45) is 22.2 Å². The molecule has 1 saturated carbocycles. The summed E-state index contributed by atoms with van der Waals surface area (Å²) in [6.07, 6.45) is 8.78. The molecule has 0 aliphatic heterocycles. The third-order valence-electron chi connectivity index (χ3n) is 4.48. The lowest BCUT2D eigenvalue weighted by Gasteiger charge is -2.29. The highest BCUT2D eigenvalue weighted by molar-refractivity contribution is 6.06. The van der Waals surface area contributed by atoms with Crippen molar-refractivity contribution >= 4 is 11.7 Å². The highest BCUT2D eigenvalue weighted by Crippen LogP contribution is 2.35. The third kappa shape index (κ3) is 5.21. The highest BCUT2D eigenvalue weighted by Gasteiger charge is 2.42. The van der Waals surface area contributed by atoms with Crippen LogP contribution in [0.1, 0.15) is 71.6 Å². The van der Waals surface area contributed by atoms with Crippen LogP contribution in [0.25, 0.3) is 0 Å². The third-order valence-corrected chi connectivity index (χ3v) is 4.48. The number of oxime groups is 1. The molecule has 1 aliphatic carbocycles. The number of carbonyl (C=O) groups excluding carboxylic acids is 1. The summed E-state index contributed by atoms with van der Waals surface area (Å²) in [7, 11) is 0. The van der Waals surface area contributed by atoms with Gasteiger partial charge in [-0.25, -0.2) is 0 Å². The van der Waals surface area contributed by atoms with Gasteiger partial charge in [-0.15, -0.1) is 0 Å². The van der Waals surface area contributed by atoms with Crippen LogP contribution >= 0.6 is 0 Å². The monoisotopic (exact) mass is 297 g/mol. The molecule has 0 aromatic carbocycles. The quantitative estimate of drug-likeness (QED) is 0.168. The molecule has 0 aromatic rings. The molecule has 0 atom stereocenters. The molecule has 0 saturated heterocycles. The van der Waals surface area contributed by atoms with Gasteiger partial charge in [-0.2, -0.15) is 0 Å². The van der Waals surface area contributed by atoms with Crippen molar-refractivity contribution in [2.75, 3.05) is 6.54 Å². The summed E-state index contributed by atoms with van der Waals surface area (Å²) in [6, 6.07) is 0. The van der Waals surface area contributed by atoms with Crippen LogP contribution in [-0.4, -0.2) is 23.5 Å². The number of nitrogens with two attached hydrogens (primary N) is 1. The summed E-state index contributed by atoms with van der Waals surface area (Å²) in [5.74, 6) is 0.708. The van der Waals surface area contributed by atoms with Crippen LogP contribution in [0.5, 0.6) is 0 Å². The van der Waals surface area contributed by atoms with E-state index in [0.29, 0.717) is 25.3 Å². The van der Waals surface area contributed by atoms with Crippen LogP contribution in [0.2, 0.25) is 0 Å². The Hall–Kier alpha value is -1.26. The first kappa shape index (κ1) is 17.8. The van der Waals surface area contributed by atoms with Crippen LogP contribution in [0, 0.1) is 11.3 Å². The Morgan fingerprint density at radius 3 is 2.38 bits per heavy atom. The molecular weight excluding hydrogens is 266 g/mol. The molecule has 0 bridgehead atoms. The van der Waals surface area contributed by atoms with Crippen molar-refractivity contribution in [3.8, 4) is 0 Å². The van der Waals surface area contributed by atoms with Gasteiger partial charge in [-0.05, 0) is 25.2 Å². The number of rotatable bonds is 7. The lowest BCUT2D eigenvalue weighted by molar-refractivity contribution is -0.128. The van der Waals surface area contributed by atoms with Crippen LogP contribution in [0.3, 0.4) is 0 Å². The number of amides is 1. The molecule has 1 amide bonds. The molecule has 1 rings (SSSR count). The van der Waals surface area contributed by atoms with Crippen molar-refractivity contribution in [2.45, 2.75) is 71.6 Å². The van der Waals surface area contributed by atoms with Crippen molar-refractivity contribution < 1.29 is 10.0 Å². The van der Waals surface area contributed by atoms with Crippen LogP contribution in [0.15, 0.2) is 5.16 Å². The fourth-order valence-corrected chi connectivity index (χ4v) is 3.08. The number of hydrogen-bond acceptors (Lipinski definition) is 3. The second-order valence-corrected chi connectivity index (χ2v) is 6.63. The summed E-state index contributed by atoms with van der Waals surface area (Å²) in [6.45, 7) is 5.08. The van der Waals surface area contributed by atoms with E-state index >= 15 is 0 Å². The summed E-state index contributed by atoms with van der Waals surface area (Å²) in [4.78, 5) is 12.6. The second-order valence-electron chi connectivity index (χ2n) is 6.63. The Bertz CT molecular complexity index is 345. The maximum absolute atomic E-state index is 12.6. The molecular formula is C16H31N3O2. The van der Waals surface area contributed by atoms with Gasteiger partial charge in [-0.3, -0.25) is 4.79 Å². The molecule has 4 N–H and O–H groups in total. The minimum Gasteiger partial charge on any atom is -0.409 e. The number of nitrogens with zero attached hydrogens (tertiary/aromatic N) is 1. The maximum Gasteiger partial charge on any atom is 0.233 e. The zero-order valence-electron chi connectivity index (χ0n) is 13.5. The van der Waals surface area contributed by atoms with Gasteiger partial charge in [0.15, 0.2) is 5.84 Å². The van der Waals surface area contributed by atoms with Crippen molar-refractivity contribution in [1.82, 2.24) is 5.32 Å². The van der Waals surface area contributed by atoms with E-state index in [0.717, 1.165) is 38.5 Å². The number of amidine groups is 1. The highest BCUT2D eigenvalue weighted by atomic mass is 16.4. The molecule has 0 aromatic heterocycles. The van der Waals surface area contributed by atoms with Gasteiger partial charge in [0, 0.05) is 6.54 Å². The van der Waals surface area contributed by atoms with Gasteiger partial charge >= 0.3 is 0 Å². The normalized spacial score (nSPS) is 19.3. The summed E-state index contributed by atoms with van der Waals surface area (Å²) in [5.41, 5.74) is 5.06. The van der Waals surface area contributed by atoms with Crippen molar-refractivity contribution in [3.05, 3.63) is 0 Å². The number of unbranched alkanes of at least 4 members (excludes halogenated alkanes) is 1. The Morgan fingerprint density at radius 2 is 1.86 bits per heavy atom. The molecule has 1 fully saturated rings. The number of nitrogens with one attached hydrogen (secondary N) is 1. The van der Waals surface area contributed by atoms with E-state index in [1.165, 1.54) is 6.42 Å². The Kier molecular flexibility index (Phi) is 7.54. The van der Waals surface area contributed by atoms with Gasteiger partial charge in [0.25, 0.3) is 0 Å². The lowest BCUT2D eigenvalue weighted by Crippen LogP contribution is -2.49. The first-order chi connectivity index (χ1) is 10.0. The Morgan fingerprint density at radius 1 is 1.24 bits per heavy atom. The molecule has 1 aliphatic rings. The summed E-state index contributed by atoms with van der Waals surface area (Å²) >= 11 is 0. The minimum absolute atomic E-state index is 0.0655. The molecule has 5 nitrogen and oxygen atoms in total. The lowest BCUT2D eigenvalue weighted by atomic mass is 9.78. The topological polar surface area (TPSA) is 87.7 Å². The van der Waals surface area contributed by atoms with Gasteiger partial charge in [0.05, 0.1) is 0 Å². The van der Waals surface area contributed by atoms with Gasteiger partial charge in [0.2, 0.25) is 5.91 Å². The van der Waals surface area contributed by atoms with Gasteiger partial charge < -0.3 is 16.3 Å². The van der Waals surface area contributed by atoms with E-state index in [1.807, 2.05) is 0 Å². The molecule has 5 heteroatoms. The molecule has 122 valence electrons. The molecule has 0 unspecified atom stereocenters. The van der Waals surface area contributed by atoms with E-state index < -0.39 is 5.41 Å². The van der Waals surface area contributed by atoms with E-state index in [4.69, 9.17) is 10.9 Å². The summed E-state index contributed by atoms with van der Waals surface area (Å²) < 4.78 is 0. The fraction of sp³-hybridized carbons (Fsp3) is 0.875. The number of carbonyl (C=O) groups is 1. The molecule has 0 heterocycles. The first-order valence-electron chi connectivity index (χ1n) is 8.29. The predicted molar refractivity (Wildman–Crippen MR) is 85.2 cm³/mol. The van der Waals surface area contributed by atoms with E-state index in [2.05, 4.69) is 24.3 Å². The fourth-order valence-electron chi connectivity index (χ4n) is 3.08. The Labute approximate surface area is 128 Å². The molecule has 0 spiro atoms. The van der Waals surface area contributed by atoms with Crippen LogP contribution in [-0.2, 0) is 4.79 Å². The minimum atomic E-state index is -0.802. The van der Waals surface area contributed by atoms with E-state index in [1.54, 1.807) is 0 Å². The Balaban J connectivity index is 2.56. The first-order valence-corrected chi connectivity index (χ1v) is 8.29. The maximum atomic E-state index is 12.6.